The number of anilines is 2. The van der Waals surface area contributed by atoms with Crippen molar-refractivity contribution in [2.45, 2.75) is 6.92 Å². The summed E-state index contributed by atoms with van der Waals surface area (Å²) < 4.78 is 27.9. The first-order chi connectivity index (χ1) is 11.4. The third kappa shape index (κ3) is 3.35. The Hall–Kier alpha value is -2.54. The van der Waals surface area contributed by atoms with Crippen molar-refractivity contribution in [1.29, 1.82) is 0 Å². The molecule has 0 aliphatic carbocycles. The van der Waals surface area contributed by atoms with Gasteiger partial charge in [0.2, 0.25) is 5.91 Å². The highest BCUT2D eigenvalue weighted by molar-refractivity contribution is 7.22. The molecule has 0 saturated heterocycles. The molecule has 0 aliphatic heterocycles. The van der Waals surface area contributed by atoms with E-state index in [1.807, 2.05) is 0 Å². The highest BCUT2D eigenvalue weighted by atomic mass is 32.1. The Morgan fingerprint density at radius 2 is 2.04 bits per heavy atom. The molecule has 0 bridgehead atoms. The van der Waals surface area contributed by atoms with Gasteiger partial charge < -0.3 is 10.2 Å². The lowest BCUT2D eigenvalue weighted by atomic mass is 10.2. The number of amides is 1. The van der Waals surface area contributed by atoms with Gasteiger partial charge in [0, 0.05) is 12.7 Å². The van der Waals surface area contributed by atoms with Gasteiger partial charge in [-0.15, -0.1) is 0 Å². The van der Waals surface area contributed by atoms with Crippen molar-refractivity contribution in [2.24, 2.45) is 0 Å². The van der Waals surface area contributed by atoms with Crippen LogP contribution in [0.5, 0.6) is 0 Å². The minimum absolute atomic E-state index is 0.0247. The minimum atomic E-state index is -0.386. The number of benzene rings is 2. The Bertz CT molecular complexity index is 910. The smallest absolute Gasteiger partial charge is 0.243 e. The molecular formula is C17H15F2N3OS. The Morgan fingerprint density at radius 1 is 1.25 bits per heavy atom. The Kier molecular flexibility index (Phi) is 4.44. The molecule has 1 N–H and O–H groups in total. The van der Waals surface area contributed by atoms with E-state index < -0.39 is 0 Å². The van der Waals surface area contributed by atoms with Crippen molar-refractivity contribution in [3.05, 3.63) is 53.6 Å². The number of fused-ring (bicyclic) bond motifs is 1. The number of carbonyl (C=O) groups is 1. The molecule has 0 saturated carbocycles. The predicted molar refractivity (Wildman–Crippen MR) is 92.6 cm³/mol. The van der Waals surface area contributed by atoms with Crippen molar-refractivity contribution >= 4 is 38.3 Å². The van der Waals surface area contributed by atoms with Crippen LogP contribution in [0.1, 0.15) is 5.56 Å². The zero-order valence-corrected chi connectivity index (χ0v) is 14.0. The summed E-state index contributed by atoms with van der Waals surface area (Å²) in [6, 6.07) is 9.28. The van der Waals surface area contributed by atoms with Gasteiger partial charge >= 0.3 is 0 Å². The molecule has 24 heavy (non-hydrogen) atoms. The summed E-state index contributed by atoms with van der Waals surface area (Å²) >= 11 is 1.31. The van der Waals surface area contributed by atoms with E-state index in [9.17, 15) is 13.6 Å². The highest BCUT2D eigenvalue weighted by Crippen LogP contribution is 2.29. The van der Waals surface area contributed by atoms with Gasteiger partial charge in [-0.3, -0.25) is 4.79 Å². The number of nitrogens with one attached hydrogen (secondary N) is 1. The molecule has 124 valence electrons. The lowest BCUT2D eigenvalue weighted by Gasteiger charge is -2.15. The fourth-order valence-corrected chi connectivity index (χ4v) is 3.16. The summed E-state index contributed by atoms with van der Waals surface area (Å²) in [4.78, 5) is 18.0. The number of nitrogens with zero attached hydrogens (tertiary/aromatic N) is 2. The number of hydrogen-bond donors (Lipinski definition) is 1. The molecule has 0 radical (unpaired) electrons. The van der Waals surface area contributed by atoms with Crippen LogP contribution in [0.4, 0.5) is 19.6 Å². The van der Waals surface area contributed by atoms with Crippen LogP contribution in [0, 0.1) is 18.6 Å². The van der Waals surface area contributed by atoms with E-state index >= 15 is 0 Å². The summed E-state index contributed by atoms with van der Waals surface area (Å²) in [5, 5.41) is 3.18. The van der Waals surface area contributed by atoms with Crippen molar-refractivity contribution in [3.8, 4) is 0 Å². The molecule has 4 nitrogen and oxygen atoms in total. The summed E-state index contributed by atoms with van der Waals surface area (Å²) in [6.07, 6.45) is 0. The Labute approximate surface area is 141 Å². The van der Waals surface area contributed by atoms with E-state index in [1.165, 1.54) is 23.5 Å². The quantitative estimate of drug-likeness (QED) is 0.777. The van der Waals surface area contributed by atoms with E-state index in [4.69, 9.17) is 0 Å². The van der Waals surface area contributed by atoms with E-state index in [-0.39, 0.29) is 24.1 Å². The van der Waals surface area contributed by atoms with E-state index in [0.29, 0.717) is 21.9 Å². The first-order valence-electron chi connectivity index (χ1n) is 7.26. The number of aromatic nitrogens is 1. The number of likely N-dealkylation sites (N-methyl/N-ethyl adjacent to an activating group) is 1. The number of hydrogen-bond acceptors (Lipinski definition) is 4. The molecular weight excluding hydrogens is 332 g/mol. The number of para-hydroxylation sites is 1. The molecule has 3 aromatic rings. The topological polar surface area (TPSA) is 45.2 Å². The zero-order chi connectivity index (χ0) is 17.3. The van der Waals surface area contributed by atoms with Crippen molar-refractivity contribution < 1.29 is 13.6 Å². The second kappa shape index (κ2) is 6.52. The molecule has 0 atom stereocenters. The lowest BCUT2D eigenvalue weighted by molar-refractivity contribution is -0.114. The van der Waals surface area contributed by atoms with E-state index in [2.05, 4.69) is 10.3 Å². The van der Waals surface area contributed by atoms with E-state index in [1.54, 1.807) is 43.1 Å². The number of halogens is 2. The fraction of sp³-hybridized carbons (Fsp3) is 0.176. The first-order valence-corrected chi connectivity index (χ1v) is 8.08. The SMILES string of the molecule is Cc1ccc(NC(=O)CN(C)c2nc3c(F)cccc3s2)cc1F. The van der Waals surface area contributed by atoms with Crippen molar-refractivity contribution in [2.75, 3.05) is 23.8 Å². The number of rotatable bonds is 4. The van der Waals surface area contributed by atoms with Crippen LogP contribution in [0.25, 0.3) is 10.2 Å². The first kappa shape index (κ1) is 16.3. The van der Waals surface area contributed by atoms with Crippen LogP contribution in [0.2, 0.25) is 0 Å². The van der Waals surface area contributed by atoms with Crippen LogP contribution in [0.15, 0.2) is 36.4 Å². The number of thiazole rings is 1. The molecule has 7 heteroatoms. The standard InChI is InChI=1S/C17H15F2N3OS/c1-10-6-7-11(8-13(10)19)20-15(23)9-22(2)17-21-16-12(18)4-3-5-14(16)24-17/h3-8H,9H2,1-2H3,(H,20,23). The second-order valence-electron chi connectivity index (χ2n) is 5.45. The second-order valence-corrected chi connectivity index (χ2v) is 6.46. The summed E-state index contributed by atoms with van der Waals surface area (Å²) in [7, 11) is 1.70. The van der Waals surface area contributed by atoms with Gasteiger partial charge in [-0.05, 0) is 36.8 Å². The predicted octanol–water partition coefficient (Wildman–Crippen LogP) is 3.96. The van der Waals surface area contributed by atoms with Crippen LogP contribution in [-0.2, 0) is 4.79 Å². The number of aryl methyl sites for hydroxylation is 1. The molecule has 1 aromatic heterocycles. The maximum absolute atomic E-state index is 13.7. The summed E-state index contributed by atoms with van der Waals surface area (Å²) in [5.74, 6) is -1.06. The largest absolute Gasteiger partial charge is 0.342 e. The Morgan fingerprint density at radius 3 is 2.75 bits per heavy atom. The molecule has 3 rings (SSSR count). The van der Waals surface area contributed by atoms with Crippen molar-refractivity contribution in [1.82, 2.24) is 4.98 Å². The Balaban J connectivity index is 1.70. The number of carbonyl (C=O) groups excluding carboxylic acids is 1. The van der Waals surface area contributed by atoms with Gasteiger partial charge in [0.25, 0.3) is 0 Å². The third-order valence-electron chi connectivity index (χ3n) is 3.52. The van der Waals surface area contributed by atoms with Crippen LogP contribution in [0.3, 0.4) is 0 Å². The molecule has 1 heterocycles. The normalized spacial score (nSPS) is 10.8. The average molecular weight is 347 g/mol. The van der Waals surface area contributed by atoms with Crippen molar-refractivity contribution in [3.63, 3.8) is 0 Å². The molecule has 0 spiro atoms. The zero-order valence-electron chi connectivity index (χ0n) is 13.1. The summed E-state index contributed by atoms with van der Waals surface area (Å²) in [5.41, 5.74) is 1.21. The maximum atomic E-state index is 13.7. The van der Waals surface area contributed by atoms with Crippen LogP contribution in [-0.4, -0.2) is 24.5 Å². The van der Waals surface area contributed by atoms with Crippen LogP contribution < -0.4 is 10.2 Å². The van der Waals surface area contributed by atoms with Gasteiger partial charge in [-0.1, -0.05) is 23.5 Å². The molecule has 0 aliphatic rings. The van der Waals surface area contributed by atoms with Crippen LogP contribution >= 0.6 is 11.3 Å². The maximum Gasteiger partial charge on any atom is 0.243 e. The third-order valence-corrected chi connectivity index (χ3v) is 4.66. The van der Waals surface area contributed by atoms with Gasteiger partial charge in [-0.25, -0.2) is 13.8 Å². The average Bonchev–Trinajstić information content (AvgIpc) is 2.97. The van der Waals surface area contributed by atoms with Gasteiger partial charge in [0.05, 0.1) is 11.2 Å². The van der Waals surface area contributed by atoms with Gasteiger partial charge in [0.15, 0.2) is 5.13 Å². The van der Waals surface area contributed by atoms with Gasteiger partial charge in [-0.2, -0.15) is 0 Å². The van der Waals surface area contributed by atoms with E-state index in [0.717, 1.165) is 4.70 Å². The molecule has 2 aromatic carbocycles. The fourth-order valence-electron chi connectivity index (χ4n) is 2.22. The summed E-state index contributed by atoms with van der Waals surface area (Å²) in [6.45, 7) is 1.68. The molecule has 0 fully saturated rings. The minimum Gasteiger partial charge on any atom is -0.342 e. The highest BCUT2D eigenvalue weighted by Gasteiger charge is 2.14. The molecule has 0 unspecified atom stereocenters. The monoisotopic (exact) mass is 347 g/mol. The molecule has 1 amide bonds. The van der Waals surface area contributed by atoms with Gasteiger partial charge in [0.1, 0.15) is 17.2 Å². The lowest BCUT2D eigenvalue weighted by Crippen LogP contribution is -2.30.